The minimum Gasteiger partial charge on any atom is -0.478 e. The number of aryl methyl sites for hydroxylation is 1. The van der Waals surface area contributed by atoms with Gasteiger partial charge in [-0.1, -0.05) is 6.92 Å². The van der Waals surface area contributed by atoms with Crippen LogP contribution in [-0.4, -0.2) is 34.7 Å². The van der Waals surface area contributed by atoms with Crippen molar-refractivity contribution in [1.29, 1.82) is 0 Å². The van der Waals surface area contributed by atoms with Crippen molar-refractivity contribution < 1.29 is 23.5 Å². The van der Waals surface area contributed by atoms with Crippen LogP contribution < -0.4 is 0 Å². The van der Waals surface area contributed by atoms with E-state index >= 15 is 0 Å². The van der Waals surface area contributed by atoms with Crippen LogP contribution in [0, 0.1) is 18.7 Å². The van der Waals surface area contributed by atoms with Crippen molar-refractivity contribution in [3.63, 3.8) is 0 Å². The van der Waals surface area contributed by atoms with E-state index in [1.54, 1.807) is 26.1 Å². The fourth-order valence-electron chi connectivity index (χ4n) is 2.35. The molecular formula is C18H20FNO4S. The summed E-state index contributed by atoms with van der Waals surface area (Å²) in [6.45, 7) is 3.61. The van der Waals surface area contributed by atoms with Crippen molar-refractivity contribution in [2.45, 2.75) is 25.3 Å². The Kier molecular flexibility index (Phi) is 6.25. The van der Waals surface area contributed by atoms with E-state index in [1.165, 1.54) is 34.9 Å². The molecule has 1 heterocycles. The largest absolute Gasteiger partial charge is 0.478 e. The molecule has 1 atom stereocenters. The number of carbonyl (C=O) groups is 2. The lowest BCUT2D eigenvalue weighted by Crippen LogP contribution is -2.32. The van der Waals surface area contributed by atoms with Crippen LogP contribution in [-0.2, 0) is 11.3 Å². The first-order valence-corrected chi connectivity index (χ1v) is 8.72. The SMILES string of the molecule is Cc1oc(CN(C)C(=O)C(C)CSc2ccc(F)cc2)cc1C(=O)O. The summed E-state index contributed by atoms with van der Waals surface area (Å²) in [4.78, 5) is 25.9. The number of carboxylic acid groups (broad SMARTS) is 1. The van der Waals surface area contributed by atoms with Gasteiger partial charge in [0.05, 0.1) is 6.54 Å². The zero-order chi connectivity index (χ0) is 18.6. The predicted molar refractivity (Wildman–Crippen MR) is 93.2 cm³/mol. The molecule has 0 spiro atoms. The molecule has 0 aliphatic heterocycles. The van der Waals surface area contributed by atoms with E-state index in [4.69, 9.17) is 9.52 Å². The molecule has 1 amide bonds. The van der Waals surface area contributed by atoms with Crippen molar-refractivity contribution in [1.82, 2.24) is 4.90 Å². The highest BCUT2D eigenvalue weighted by molar-refractivity contribution is 7.99. The van der Waals surface area contributed by atoms with Gasteiger partial charge in [0.15, 0.2) is 0 Å². The number of nitrogens with zero attached hydrogens (tertiary/aromatic N) is 1. The Morgan fingerprint density at radius 1 is 1.32 bits per heavy atom. The van der Waals surface area contributed by atoms with Crippen LogP contribution in [0.5, 0.6) is 0 Å². The number of benzene rings is 1. The zero-order valence-electron chi connectivity index (χ0n) is 14.3. The van der Waals surface area contributed by atoms with Crippen molar-refractivity contribution >= 4 is 23.6 Å². The number of furan rings is 1. The number of rotatable bonds is 7. The number of amides is 1. The summed E-state index contributed by atoms with van der Waals surface area (Å²) in [5.41, 5.74) is 0.107. The smallest absolute Gasteiger partial charge is 0.339 e. The van der Waals surface area contributed by atoms with Gasteiger partial charge < -0.3 is 14.4 Å². The Balaban J connectivity index is 1.91. The van der Waals surface area contributed by atoms with Gasteiger partial charge in [-0.2, -0.15) is 0 Å². The maximum Gasteiger partial charge on any atom is 0.339 e. The van der Waals surface area contributed by atoms with Gasteiger partial charge in [-0.3, -0.25) is 4.79 Å². The fourth-order valence-corrected chi connectivity index (χ4v) is 3.26. The molecule has 5 nitrogen and oxygen atoms in total. The first-order chi connectivity index (χ1) is 11.8. The fraction of sp³-hybridized carbons (Fsp3) is 0.333. The number of hydrogen-bond acceptors (Lipinski definition) is 4. The lowest BCUT2D eigenvalue weighted by molar-refractivity contribution is -0.133. The summed E-state index contributed by atoms with van der Waals surface area (Å²) in [5, 5.41) is 9.04. The van der Waals surface area contributed by atoms with Crippen LogP contribution in [0.3, 0.4) is 0 Å². The van der Waals surface area contributed by atoms with E-state index in [0.717, 1.165) is 4.90 Å². The van der Waals surface area contributed by atoms with Gasteiger partial charge in [-0.15, -0.1) is 11.8 Å². The standard InChI is InChI=1S/C18H20FNO4S/c1-11(10-25-15-6-4-13(19)5-7-15)17(21)20(3)9-14-8-16(18(22)23)12(2)24-14/h4-8,11H,9-10H2,1-3H3,(H,22,23). The van der Waals surface area contributed by atoms with E-state index in [0.29, 0.717) is 17.3 Å². The third-order valence-corrected chi connectivity index (χ3v) is 4.98. The van der Waals surface area contributed by atoms with Crippen LogP contribution in [0.25, 0.3) is 0 Å². The van der Waals surface area contributed by atoms with Gasteiger partial charge >= 0.3 is 5.97 Å². The Bertz CT molecular complexity index is 757. The van der Waals surface area contributed by atoms with Crippen molar-refractivity contribution in [2.75, 3.05) is 12.8 Å². The molecule has 1 aromatic heterocycles. The van der Waals surface area contributed by atoms with E-state index in [1.807, 2.05) is 6.92 Å². The minimum absolute atomic E-state index is 0.0689. The molecule has 0 saturated carbocycles. The maximum atomic E-state index is 12.9. The molecule has 0 saturated heterocycles. The normalized spacial score (nSPS) is 12.0. The number of hydrogen-bond donors (Lipinski definition) is 1. The summed E-state index contributed by atoms with van der Waals surface area (Å²) in [7, 11) is 1.65. The molecule has 0 aliphatic carbocycles. The lowest BCUT2D eigenvalue weighted by Gasteiger charge is -2.20. The molecule has 0 fully saturated rings. The zero-order valence-corrected chi connectivity index (χ0v) is 15.1. The Morgan fingerprint density at radius 3 is 2.52 bits per heavy atom. The van der Waals surface area contributed by atoms with Gasteiger partial charge in [0.2, 0.25) is 5.91 Å². The topological polar surface area (TPSA) is 70.8 Å². The van der Waals surface area contributed by atoms with Crippen LogP contribution in [0.1, 0.15) is 28.8 Å². The van der Waals surface area contributed by atoms with Gasteiger partial charge in [-0.05, 0) is 37.3 Å². The quantitative estimate of drug-likeness (QED) is 0.756. The molecule has 2 rings (SSSR count). The molecule has 0 radical (unpaired) electrons. The molecule has 0 bridgehead atoms. The van der Waals surface area contributed by atoms with E-state index in [-0.39, 0.29) is 29.8 Å². The average molecular weight is 365 g/mol. The summed E-state index contributed by atoms with van der Waals surface area (Å²) >= 11 is 1.48. The van der Waals surface area contributed by atoms with Gasteiger partial charge in [0, 0.05) is 23.6 Å². The van der Waals surface area contributed by atoms with E-state index in [9.17, 15) is 14.0 Å². The minimum atomic E-state index is -1.05. The molecular weight excluding hydrogens is 345 g/mol. The molecule has 0 aliphatic rings. The summed E-state index contributed by atoms with van der Waals surface area (Å²) in [6, 6.07) is 7.58. The third kappa shape index (κ3) is 5.09. The van der Waals surface area contributed by atoms with E-state index in [2.05, 4.69) is 0 Å². The van der Waals surface area contributed by atoms with E-state index < -0.39 is 5.97 Å². The Hall–Kier alpha value is -2.28. The third-order valence-electron chi connectivity index (χ3n) is 3.70. The van der Waals surface area contributed by atoms with Crippen molar-refractivity contribution in [3.8, 4) is 0 Å². The Morgan fingerprint density at radius 2 is 1.96 bits per heavy atom. The number of thioether (sulfide) groups is 1. The average Bonchev–Trinajstić information content (AvgIpc) is 2.93. The predicted octanol–water partition coefficient (Wildman–Crippen LogP) is 3.81. The highest BCUT2D eigenvalue weighted by Gasteiger charge is 2.20. The van der Waals surface area contributed by atoms with Crippen LogP contribution >= 0.6 is 11.8 Å². The first-order valence-electron chi connectivity index (χ1n) is 7.74. The molecule has 2 aromatic rings. The molecule has 25 heavy (non-hydrogen) atoms. The van der Waals surface area contributed by atoms with Gasteiger partial charge in [0.1, 0.15) is 22.9 Å². The lowest BCUT2D eigenvalue weighted by atomic mass is 10.2. The molecule has 7 heteroatoms. The van der Waals surface area contributed by atoms with Crippen molar-refractivity contribution in [3.05, 3.63) is 53.2 Å². The summed E-state index contributed by atoms with van der Waals surface area (Å²) in [5.74, 6) is -0.331. The van der Waals surface area contributed by atoms with Gasteiger partial charge in [-0.25, -0.2) is 9.18 Å². The van der Waals surface area contributed by atoms with Crippen molar-refractivity contribution in [2.24, 2.45) is 5.92 Å². The second kappa shape index (κ2) is 8.20. The summed E-state index contributed by atoms with van der Waals surface area (Å²) in [6.07, 6.45) is 0. The number of halogens is 1. The second-order valence-electron chi connectivity index (χ2n) is 5.85. The Labute approximate surface area is 149 Å². The molecule has 134 valence electrons. The monoisotopic (exact) mass is 365 g/mol. The molecule has 1 N–H and O–H groups in total. The number of carbonyl (C=O) groups excluding carboxylic acids is 1. The number of aromatic carboxylic acids is 1. The molecule has 1 unspecified atom stereocenters. The second-order valence-corrected chi connectivity index (χ2v) is 6.94. The van der Waals surface area contributed by atoms with Crippen LogP contribution in [0.2, 0.25) is 0 Å². The van der Waals surface area contributed by atoms with Crippen LogP contribution in [0.4, 0.5) is 4.39 Å². The van der Waals surface area contributed by atoms with Gasteiger partial charge in [0.25, 0.3) is 0 Å². The highest BCUT2D eigenvalue weighted by atomic mass is 32.2. The molecule has 1 aromatic carbocycles. The number of carboxylic acids is 1. The first kappa shape index (κ1) is 19.1. The highest BCUT2D eigenvalue weighted by Crippen LogP contribution is 2.22. The van der Waals surface area contributed by atoms with Crippen LogP contribution in [0.15, 0.2) is 39.6 Å². The summed E-state index contributed by atoms with van der Waals surface area (Å²) < 4.78 is 18.3. The maximum absolute atomic E-state index is 12.9.